The predicted molar refractivity (Wildman–Crippen MR) is 60.5 cm³/mol. The van der Waals surface area contributed by atoms with Gasteiger partial charge >= 0.3 is 12.1 Å². The van der Waals surface area contributed by atoms with Crippen molar-refractivity contribution in [1.29, 1.82) is 0 Å². The number of likely N-dealkylation sites (tertiary alicyclic amines) is 1. The lowest BCUT2D eigenvalue weighted by atomic mass is 9.89. The summed E-state index contributed by atoms with van der Waals surface area (Å²) in [5.41, 5.74) is -0.605. The van der Waals surface area contributed by atoms with Gasteiger partial charge in [0.25, 0.3) is 0 Å². The standard InChI is InChI=1S/C12H17NO4/c1-12(2,3)17-11(16)13-8-5-4-7(8)6-9(13)10(14)15/h4-5,7-9H,6H2,1-3H3,(H,14,15)/t7-,8-,9?/m1/s1. The van der Waals surface area contributed by atoms with Crippen molar-refractivity contribution in [2.75, 3.05) is 0 Å². The third kappa shape index (κ3) is 2.14. The number of aliphatic carboxylic acids is 1. The van der Waals surface area contributed by atoms with Crippen LogP contribution in [-0.2, 0) is 9.53 Å². The minimum atomic E-state index is -0.966. The van der Waals surface area contributed by atoms with Crippen LogP contribution in [0, 0.1) is 5.92 Å². The first kappa shape index (κ1) is 12.0. The van der Waals surface area contributed by atoms with Crippen LogP contribution in [0.3, 0.4) is 0 Å². The highest BCUT2D eigenvalue weighted by atomic mass is 16.6. The van der Waals surface area contributed by atoms with E-state index in [1.54, 1.807) is 20.8 Å². The highest BCUT2D eigenvalue weighted by Gasteiger charge is 2.49. The summed E-state index contributed by atoms with van der Waals surface area (Å²) in [6.07, 6.45) is 3.75. The van der Waals surface area contributed by atoms with Crippen molar-refractivity contribution in [2.24, 2.45) is 5.92 Å². The monoisotopic (exact) mass is 239 g/mol. The summed E-state index contributed by atoms with van der Waals surface area (Å²) in [7, 11) is 0. The lowest BCUT2D eigenvalue weighted by Gasteiger charge is -2.33. The number of ether oxygens (including phenoxy) is 1. The second kappa shape index (κ2) is 3.75. The molecule has 1 aliphatic heterocycles. The largest absolute Gasteiger partial charge is 0.480 e. The molecule has 0 saturated carbocycles. The average molecular weight is 239 g/mol. The molecule has 1 saturated heterocycles. The van der Waals surface area contributed by atoms with Crippen LogP contribution < -0.4 is 0 Å². The van der Waals surface area contributed by atoms with Crippen molar-refractivity contribution < 1.29 is 19.4 Å². The molecule has 17 heavy (non-hydrogen) atoms. The zero-order valence-electron chi connectivity index (χ0n) is 10.2. The van der Waals surface area contributed by atoms with Crippen molar-refractivity contribution in [3.05, 3.63) is 12.2 Å². The molecule has 2 rings (SSSR count). The van der Waals surface area contributed by atoms with E-state index in [1.165, 1.54) is 4.90 Å². The molecule has 1 fully saturated rings. The van der Waals surface area contributed by atoms with Crippen molar-refractivity contribution >= 4 is 12.1 Å². The molecule has 1 N–H and O–H groups in total. The van der Waals surface area contributed by atoms with E-state index in [0.717, 1.165) is 0 Å². The van der Waals surface area contributed by atoms with Gasteiger partial charge in [-0.3, -0.25) is 4.90 Å². The van der Waals surface area contributed by atoms with Crippen molar-refractivity contribution in [3.63, 3.8) is 0 Å². The third-order valence-corrected chi connectivity index (χ3v) is 3.04. The SMILES string of the molecule is CC(C)(C)OC(=O)N1C(C(=O)O)C[C@H]2C=C[C@H]21. The molecule has 0 aromatic rings. The molecule has 5 heteroatoms. The van der Waals surface area contributed by atoms with E-state index in [1.807, 2.05) is 12.2 Å². The summed E-state index contributed by atoms with van der Waals surface area (Å²) < 4.78 is 5.24. The molecule has 0 aromatic carbocycles. The van der Waals surface area contributed by atoms with Crippen molar-refractivity contribution in [1.82, 2.24) is 4.90 Å². The zero-order valence-corrected chi connectivity index (χ0v) is 10.2. The summed E-state index contributed by atoms with van der Waals surface area (Å²) in [5.74, 6) is -0.796. The molecule has 94 valence electrons. The van der Waals surface area contributed by atoms with E-state index in [0.29, 0.717) is 6.42 Å². The minimum Gasteiger partial charge on any atom is -0.480 e. The zero-order chi connectivity index (χ0) is 12.8. The maximum atomic E-state index is 12.0. The second-order valence-electron chi connectivity index (χ2n) is 5.52. The number of carbonyl (C=O) groups excluding carboxylic acids is 1. The molecule has 0 spiro atoms. The number of nitrogens with zero attached hydrogens (tertiary/aromatic N) is 1. The van der Waals surface area contributed by atoms with Crippen molar-refractivity contribution in [3.8, 4) is 0 Å². The van der Waals surface area contributed by atoms with E-state index in [2.05, 4.69) is 0 Å². The molecule has 0 bridgehead atoms. The highest BCUT2D eigenvalue weighted by molar-refractivity contribution is 5.82. The van der Waals surface area contributed by atoms with Crippen LogP contribution in [0.2, 0.25) is 0 Å². The van der Waals surface area contributed by atoms with Crippen LogP contribution in [0.25, 0.3) is 0 Å². The van der Waals surface area contributed by atoms with Crippen LogP contribution in [0.1, 0.15) is 27.2 Å². The fourth-order valence-electron chi connectivity index (χ4n) is 2.25. The van der Waals surface area contributed by atoms with E-state index >= 15 is 0 Å². The van der Waals surface area contributed by atoms with Gasteiger partial charge in [0.15, 0.2) is 0 Å². The normalized spacial score (nSPS) is 30.8. The Morgan fingerprint density at radius 2 is 2.00 bits per heavy atom. The minimum absolute atomic E-state index is 0.106. The maximum Gasteiger partial charge on any atom is 0.411 e. The fourth-order valence-corrected chi connectivity index (χ4v) is 2.25. The molecule has 0 aromatic heterocycles. The number of fused-ring (bicyclic) bond motifs is 1. The first-order valence-electron chi connectivity index (χ1n) is 5.72. The Morgan fingerprint density at radius 1 is 1.35 bits per heavy atom. The van der Waals surface area contributed by atoms with Gasteiger partial charge in [-0.2, -0.15) is 0 Å². The summed E-state index contributed by atoms with van der Waals surface area (Å²) in [4.78, 5) is 24.4. The highest BCUT2D eigenvalue weighted by Crippen LogP contribution is 2.38. The van der Waals surface area contributed by atoms with Gasteiger partial charge in [-0.25, -0.2) is 9.59 Å². The molecular weight excluding hydrogens is 222 g/mol. The Hall–Kier alpha value is -1.52. The number of rotatable bonds is 1. The van der Waals surface area contributed by atoms with Gasteiger partial charge in [0.05, 0.1) is 6.04 Å². The first-order chi connectivity index (χ1) is 7.79. The number of carbonyl (C=O) groups is 2. The van der Waals surface area contributed by atoms with Crippen LogP contribution in [-0.4, -0.2) is 39.8 Å². The third-order valence-electron chi connectivity index (χ3n) is 3.04. The van der Waals surface area contributed by atoms with E-state index in [4.69, 9.17) is 9.84 Å². The van der Waals surface area contributed by atoms with Crippen LogP contribution in [0.15, 0.2) is 12.2 Å². The Morgan fingerprint density at radius 3 is 2.41 bits per heavy atom. The number of carboxylic acids is 1. The molecular formula is C12H17NO4. The summed E-state index contributed by atoms with van der Waals surface area (Å²) in [6, 6.07) is -0.874. The Labute approximate surface area is 100 Å². The van der Waals surface area contributed by atoms with Crippen LogP contribution in [0.5, 0.6) is 0 Å². The molecule has 2 aliphatic rings. The van der Waals surface area contributed by atoms with Crippen molar-refractivity contribution in [2.45, 2.75) is 44.9 Å². The summed E-state index contributed by atoms with van der Waals surface area (Å²) in [5, 5.41) is 9.12. The molecule has 1 amide bonds. The second-order valence-corrected chi connectivity index (χ2v) is 5.52. The molecule has 5 nitrogen and oxygen atoms in total. The quantitative estimate of drug-likeness (QED) is 0.706. The Balaban J connectivity index is 2.14. The molecule has 0 radical (unpaired) electrons. The molecule has 1 aliphatic carbocycles. The number of hydrogen-bond donors (Lipinski definition) is 1. The van der Waals surface area contributed by atoms with E-state index < -0.39 is 23.7 Å². The van der Waals surface area contributed by atoms with E-state index in [-0.39, 0.29) is 12.0 Å². The lowest BCUT2D eigenvalue weighted by Crippen LogP contribution is -2.48. The summed E-state index contributed by atoms with van der Waals surface area (Å²) >= 11 is 0. The fraction of sp³-hybridized carbons (Fsp3) is 0.667. The first-order valence-corrected chi connectivity index (χ1v) is 5.72. The number of amides is 1. The molecule has 1 unspecified atom stereocenters. The predicted octanol–water partition coefficient (Wildman–Crippen LogP) is 1.64. The van der Waals surface area contributed by atoms with Gasteiger partial charge < -0.3 is 9.84 Å². The van der Waals surface area contributed by atoms with Gasteiger partial charge in [-0.15, -0.1) is 0 Å². The van der Waals surface area contributed by atoms with Gasteiger partial charge in [0.2, 0.25) is 0 Å². The van der Waals surface area contributed by atoms with Gasteiger partial charge in [0, 0.05) is 5.92 Å². The maximum absolute atomic E-state index is 12.0. The van der Waals surface area contributed by atoms with Crippen LogP contribution >= 0.6 is 0 Å². The van der Waals surface area contributed by atoms with Crippen LogP contribution in [0.4, 0.5) is 4.79 Å². The molecule has 3 atom stereocenters. The Kier molecular flexibility index (Phi) is 2.64. The Bertz CT molecular complexity index is 382. The smallest absolute Gasteiger partial charge is 0.411 e. The lowest BCUT2D eigenvalue weighted by molar-refractivity contribution is -0.142. The molecule has 1 heterocycles. The van der Waals surface area contributed by atoms with Gasteiger partial charge in [-0.05, 0) is 27.2 Å². The topological polar surface area (TPSA) is 66.8 Å². The number of hydrogen-bond acceptors (Lipinski definition) is 3. The van der Waals surface area contributed by atoms with Gasteiger partial charge in [0.1, 0.15) is 11.6 Å². The summed E-state index contributed by atoms with van der Waals surface area (Å²) in [6.45, 7) is 5.31. The van der Waals surface area contributed by atoms with E-state index in [9.17, 15) is 9.59 Å². The average Bonchev–Trinajstić information content (AvgIpc) is 2.35. The number of carboxylic acid groups (broad SMARTS) is 1. The van der Waals surface area contributed by atoms with Gasteiger partial charge in [-0.1, -0.05) is 12.2 Å².